The molecule has 0 aliphatic rings. The molecule has 0 fully saturated rings. The van der Waals surface area contributed by atoms with Gasteiger partial charge in [-0.05, 0) is 63.1 Å². The number of anilines is 1. The number of benzene rings is 2. The smallest absolute Gasteiger partial charge is 0.248 e. The van der Waals surface area contributed by atoms with Crippen LogP contribution < -0.4 is 14.8 Å². The summed E-state index contributed by atoms with van der Waals surface area (Å²) in [4.78, 5) is 12.5. The van der Waals surface area contributed by atoms with Crippen molar-refractivity contribution < 1.29 is 18.7 Å². The van der Waals surface area contributed by atoms with E-state index in [9.17, 15) is 4.79 Å². The van der Waals surface area contributed by atoms with E-state index in [-0.39, 0.29) is 5.91 Å². The van der Waals surface area contributed by atoms with Crippen LogP contribution in [0.5, 0.6) is 11.5 Å². The third-order valence-electron chi connectivity index (χ3n) is 4.77. The molecule has 0 saturated carbocycles. The number of ether oxygens (including phenoxy) is 2. The number of carbonyl (C=O) groups excluding carboxylic acids is 1. The van der Waals surface area contributed by atoms with Gasteiger partial charge >= 0.3 is 0 Å². The van der Waals surface area contributed by atoms with Crippen LogP contribution in [0.2, 0.25) is 5.02 Å². The van der Waals surface area contributed by atoms with E-state index in [1.807, 2.05) is 39.8 Å². The lowest BCUT2D eigenvalue weighted by atomic mass is 10.0. The van der Waals surface area contributed by atoms with E-state index in [0.29, 0.717) is 28.8 Å². The average molecular weight is 414 g/mol. The van der Waals surface area contributed by atoms with Crippen LogP contribution in [0.3, 0.4) is 0 Å². The number of nitrogens with one attached hydrogen (secondary N) is 1. The van der Waals surface area contributed by atoms with Gasteiger partial charge in [-0.15, -0.1) is 0 Å². The SMILES string of the molecule is CCOc1cc2oc(C)c(C)c2cc1/C(C)=C/C(=O)Nc1ccc(OC)c(Cl)c1. The summed E-state index contributed by atoms with van der Waals surface area (Å²) in [5, 5.41) is 4.27. The van der Waals surface area contributed by atoms with Crippen molar-refractivity contribution in [2.75, 3.05) is 19.0 Å². The van der Waals surface area contributed by atoms with Crippen LogP contribution in [-0.4, -0.2) is 19.6 Å². The van der Waals surface area contributed by atoms with Gasteiger partial charge in [0.15, 0.2) is 0 Å². The highest BCUT2D eigenvalue weighted by Crippen LogP contribution is 2.35. The molecule has 3 aromatic rings. The molecule has 0 aliphatic carbocycles. The highest BCUT2D eigenvalue weighted by Gasteiger charge is 2.15. The van der Waals surface area contributed by atoms with Crippen LogP contribution >= 0.6 is 11.6 Å². The molecule has 0 saturated heterocycles. The summed E-state index contributed by atoms with van der Waals surface area (Å²) in [5.74, 6) is 1.85. The van der Waals surface area contributed by atoms with E-state index >= 15 is 0 Å². The van der Waals surface area contributed by atoms with E-state index in [0.717, 1.165) is 33.4 Å². The molecule has 29 heavy (non-hydrogen) atoms. The number of fused-ring (bicyclic) bond motifs is 1. The maximum absolute atomic E-state index is 12.5. The van der Waals surface area contributed by atoms with Gasteiger partial charge in [-0.3, -0.25) is 4.79 Å². The molecule has 6 heteroatoms. The second-order valence-corrected chi connectivity index (χ2v) is 7.13. The first-order valence-electron chi connectivity index (χ1n) is 9.33. The fourth-order valence-corrected chi connectivity index (χ4v) is 3.41. The molecule has 1 N–H and O–H groups in total. The van der Waals surface area contributed by atoms with E-state index in [1.54, 1.807) is 31.4 Å². The topological polar surface area (TPSA) is 60.7 Å². The van der Waals surface area contributed by atoms with Gasteiger partial charge in [0, 0.05) is 28.8 Å². The molecule has 0 aliphatic heterocycles. The van der Waals surface area contributed by atoms with Crippen molar-refractivity contribution in [1.82, 2.24) is 0 Å². The number of rotatable bonds is 6. The summed E-state index contributed by atoms with van der Waals surface area (Å²) in [6.07, 6.45) is 1.55. The fourth-order valence-electron chi connectivity index (χ4n) is 3.15. The second-order valence-electron chi connectivity index (χ2n) is 6.73. The Labute approximate surface area is 175 Å². The number of allylic oxidation sites excluding steroid dienone is 1. The van der Waals surface area contributed by atoms with Crippen molar-refractivity contribution in [3.05, 3.63) is 58.3 Å². The van der Waals surface area contributed by atoms with Gasteiger partial charge in [-0.2, -0.15) is 0 Å². The summed E-state index contributed by atoms with van der Waals surface area (Å²) in [5.41, 5.74) is 4.08. The third kappa shape index (κ3) is 4.40. The van der Waals surface area contributed by atoms with Crippen LogP contribution in [-0.2, 0) is 4.79 Å². The van der Waals surface area contributed by atoms with Crippen LogP contribution in [0, 0.1) is 13.8 Å². The lowest BCUT2D eigenvalue weighted by molar-refractivity contribution is -0.111. The molecule has 2 aromatic carbocycles. The average Bonchev–Trinajstić information content (AvgIpc) is 2.94. The summed E-state index contributed by atoms with van der Waals surface area (Å²) >= 11 is 6.13. The number of hydrogen-bond donors (Lipinski definition) is 1. The lowest BCUT2D eigenvalue weighted by Gasteiger charge is -2.11. The van der Waals surface area contributed by atoms with Crippen molar-refractivity contribution in [2.45, 2.75) is 27.7 Å². The van der Waals surface area contributed by atoms with Crippen molar-refractivity contribution in [3.8, 4) is 11.5 Å². The van der Waals surface area contributed by atoms with Crippen molar-refractivity contribution in [1.29, 1.82) is 0 Å². The molecule has 0 unspecified atom stereocenters. The molecule has 1 heterocycles. The highest BCUT2D eigenvalue weighted by molar-refractivity contribution is 6.32. The first kappa shape index (κ1) is 20.8. The maximum atomic E-state index is 12.5. The van der Waals surface area contributed by atoms with Gasteiger partial charge in [-0.1, -0.05) is 11.6 Å². The van der Waals surface area contributed by atoms with Crippen molar-refractivity contribution in [2.24, 2.45) is 0 Å². The minimum absolute atomic E-state index is 0.258. The Bertz CT molecular complexity index is 1100. The molecule has 1 aromatic heterocycles. The second kappa shape index (κ2) is 8.62. The molecule has 0 atom stereocenters. The van der Waals surface area contributed by atoms with Gasteiger partial charge in [0.1, 0.15) is 22.8 Å². The summed E-state index contributed by atoms with van der Waals surface area (Å²) in [6, 6.07) is 8.99. The molecular weight excluding hydrogens is 390 g/mol. The highest BCUT2D eigenvalue weighted by atomic mass is 35.5. The zero-order valence-corrected chi connectivity index (χ0v) is 17.9. The maximum Gasteiger partial charge on any atom is 0.248 e. The zero-order chi connectivity index (χ0) is 21.1. The number of methoxy groups -OCH3 is 1. The predicted molar refractivity (Wildman–Crippen MR) is 117 cm³/mol. The van der Waals surface area contributed by atoms with Crippen LogP contribution in [0.25, 0.3) is 16.5 Å². The molecule has 0 bridgehead atoms. The number of carbonyl (C=O) groups is 1. The van der Waals surface area contributed by atoms with E-state index in [2.05, 4.69) is 5.32 Å². The quantitative estimate of drug-likeness (QED) is 0.492. The molecule has 152 valence electrons. The van der Waals surface area contributed by atoms with Crippen molar-refractivity contribution in [3.63, 3.8) is 0 Å². The van der Waals surface area contributed by atoms with Gasteiger partial charge < -0.3 is 19.2 Å². The molecule has 0 spiro atoms. The molecule has 3 rings (SSSR count). The monoisotopic (exact) mass is 413 g/mol. The predicted octanol–water partition coefficient (Wildman–Crippen LogP) is 6.15. The minimum Gasteiger partial charge on any atom is -0.495 e. The molecular formula is C23H24ClNO4. The standard InChI is InChI=1S/C23H24ClNO4/c1-6-28-21-12-22-18(14(3)15(4)29-22)11-17(21)13(2)9-23(26)25-16-7-8-20(27-5)19(24)10-16/h7-12H,6H2,1-5H3,(H,25,26)/b13-9+. The van der Waals surface area contributed by atoms with Crippen LogP contribution in [0.1, 0.15) is 30.7 Å². The number of amides is 1. The number of hydrogen-bond acceptors (Lipinski definition) is 4. The Morgan fingerprint density at radius 1 is 1.21 bits per heavy atom. The molecule has 0 radical (unpaired) electrons. The first-order chi connectivity index (χ1) is 13.8. The van der Waals surface area contributed by atoms with Crippen LogP contribution in [0.4, 0.5) is 5.69 Å². The lowest BCUT2D eigenvalue weighted by Crippen LogP contribution is -2.09. The Morgan fingerprint density at radius 2 is 1.97 bits per heavy atom. The largest absolute Gasteiger partial charge is 0.495 e. The van der Waals surface area contributed by atoms with E-state index < -0.39 is 0 Å². The molecule has 1 amide bonds. The van der Waals surface area contributed by atoms with E-state index in [4.69, 9.17) is 25.5 Å². The summed E-state index contributed by atoms with van der Waals surface area (Å²) in [6.45, 7) is 8.27. The third-order valence-corrected chi connectivity index (χ3v) is 5.06. The Kier molecular flexibility index (Phi) is 6.18. The first-order valence-corrected chi connectivity index (χ1v) is 9.71. The Balaban J connectivity index is 1.92. The Morgan fingerprint density at radius 3 is 2.62 bits per heavy atom. The van der Waals surface area contributed by atoms with Crippen LogP contribution in [0.15, 0.2) is 40.8 Å². The number of halogens is 1. The minimum atomic E-state index is -0.258. The normalized spacial score (nSPS) is 11.6. The van der Waals surface area contributed by atoms with Crippen molar-refractivity contribution >= 4 is 39.7 Å². The van der Waals surface area contributed by atoms with Gasteiger partial charge in [0.2, 0.25) is 5.91 Å². The van der Waals surface area contributed by atoms with Gasteiger partial charge in [-0.25, -0.2) is 0 Å². The van der Waals surface area contributed by atoms with E-state index in [1.165, 1.54) is 0 Å². The van der Waals surface area contributed by atoms with Gasteiger partial charge in [0.05, 0.1) is 18.7 Å². The number of aryl methyl sites for hydroxylation is 2. The van der Waals surface area contributed by atoms with Gasteiger partial charge in [0.25, 0.3) is 0 Å². The fraction of sp³-hybridized carbons (Fsp3) is 0.261. The summed E-state index contributed by atoms with van der Waals surface area (Å²) < 4.78 is 16.7. The Hall–Kier alpha value is -2.92. The number of furan rings is 1. The zero-order valence-electron chi connectivity index (χ0n) is 17.2. The molecule has 5 nitrogen and oxygen atoms in total. The summed E-state index contributed by atoms with van der Waals surface area (Å²) in [7, 11) is 1.54.